The van der Waals surface area contributed by atoms with Gasteiger partial charge in [0.2, 0.25) is 6.41 Å². The van der Waals surface area contributed by atoms with Gasteiger partial charge in [-0.25, -0.2) is 4.98 Å². The van der Waals surface area contributed by atoms with Crippen molar-refractivity contribution in [3.8, 4) is 18.1 Å². The fourth-order valence-corrected chi connectivity index (χ4v) is 2.87. The van der Waals surface area contributed by atoms with Gasteiger partial charge in [-0.3, -0.25) is 9.20 Å². The Bertz CT molecular complexity index is 967. The molecule has 1 amide bonds. The van der Waals surface area contributed by atoms with Crippen molar-refractivity contribution in [2.75, 3.05) is 5.32 Å². The number of pyridine rings is 1. The van der Waals surface area contributed by atoms with Crippen LogP contribution in [-0.2, 0) is 17.8 Å². The molecule has 5 nitrogen and oxygen atoms in total. The van der Waals surface area contributed by atoms with Crippen molar-refractivity contribution in [2.45, 2.75) is 26.9 Å². The smallest absolute Gasteiger partial charge is 0.211 e. The highest BCUT2D eigenvalue weighted by Gasteiger charge is 2.13. The molecule has 0 unspecified atom stereocenters. The minimum absolute atomic E-state index is 0.332. The topological polar surface area (TPSA) is 55.6 Å². The van der Waals surface area contributed by atoms with Crippen molar-refractivity contribution in [2.24, 2.45) is 0 Å². The molecular formula is C20H19N3O2. The molecule has 1 N–H and O–H groups in total. The normalized spacial score (nSPS) is 10.4. The van der Waals surface area contributed by atoms with Crippen molar-refractivity contribution in [1.82, 2.24) is 9.38 Å². The first kappa shape index (κ1) is 16.6. The van der Waals surface area contributed by atoms with Gasteiger partial charge in [-0.2, -0.15) is 0 Å². The Morgan fingerprint density at radius 2 is 2.16 bits per heavy atom. The van der Waals surface area contributed by atoms with Crippen LogP contribution in [0.2, 0.25) is 0 Å². The van der Waals surface area contributed by atoms with Crippen LogP contribution < -0.4 is 10.1 Å². The SMILES string of the molecule is C#CCc1c(C)nc2c(OCc3c(C)cccc3NC=O)cccn12. The summed E-state index contributed by atoms with van der Waals surface area (Å²) in [4.78, 5) is 15.4. The number of anilines is 1. The average molecular weight is 333 g/mol. The van der Waals surface area contributed by atoms with Crippen LogP contribution in [0.4, 0.5) is 5.69 Å². The summed E-state index contributed by atoms with van der Waals surface area (Å²) in [6.07, 6.45) is 8.57. The molecule has 5 heteroatoms. The number of ether oxygens (including phenoxy) is 1. The zero-order valence-corrected chi connectivity index (χ0v) is 14.2. The van der Waals surface area contributed by atoms with Crippen LogP contribution in [0.3, 0.4) is 0 Å². The number of aromatic nitrogens is 2. The fourth-order valence-electron chi connectivity index (χ4n) is 2.87. The van der Waals surface area contributed by atoms with Crippen molar-refractivity contribution < 1.29 is 9.53 Å². The van der Waals surface area contributed by atoms with E-state index in [1.165, 1.54) is 0 Å². The first-order valence-electron chi connectivity index (χ1n) is 7.97. The number of nitrogens with zero attached hydrogens (tertiary/aromatic N) is 2. The molecule has 0 aliphatic heterocycles. The number of terminal acetylenes is 1. The number of hydrogen-bond acceptors (Lipinski definition) is 3. The molecule has 3 rings (SSSR count). The van der Waals surface area contributed by atoms with Gasteiger partial charge >= 0.3 is 0 Å². The maximum Gasteiger partial charge on any atom is 0.211 e. The molecule has 0 aliphatic rings. The number of amides is 1. The third-order valence-electron chi connectivity index (χ3n) is 4.18. The quantitative estimate of drug-likeness (QED) is 0.556. The van der Waals surface area contributed by atoms with Gasteiger partial charge in [0.1, 0.15) is 6.61 Å². The Labute approximate surface area is 146 Å². The predicted molar refractivity (Wildman–Crippen MR) is 97.7 cm³/mol. The average Bonchev–Trinajstić information content (AvgIpc) is 2.92. The van der Waals surface area contributed by atoms with E-state index in [1.807, 2.05) is 54.8 Å². The predicted octanol–water partition coefficient (Wildman–Crippen LogP) is 3.27. The van der Waals surface area contributed by atoms with Crippen molar-refractivity contribution >= 4 is 17.7 Å². The highest BCUT2D eigenvalue weighted by atomic mass is 16.5. The highest BCUT2D eigenvalue weighted by molar-refractivity contribution is 5.74. The van der Waals surface area contributed by atoms with Gasteiger partial charge in [0, 0.05) is 17.4 Å². The van der Waals surface area contributed by atoms with E-state index in [1.54, 1.807) is 0 Å². The zero-order valence-electron chi connectivity index (χ0n) is 14.2. The lowest BCUT2D eigenvalue weighted by Gasteiger charge is -2.13. The largest absolute Gasteiger partial charge is 0.485 e. The number of nitrogens with one attached hydrogen (secondary N) is 1. The third kappa shape index (κ3) is 3.20. The van der Waals surface area contributed by atoms with Gasteiger partial charge in [-0.05, 0) is 37.6 Å². The molecule has 2 aromatic heterocycles. The van der Waals surface area contributed by atoms with Crippen LogP contribution in [0.25, 0.3) is 5.65 Å². The Balaban J connectivity index is 1.94. The van der Waals surface area contributed by atoms with E-state index < -0.39 is 0 Å². The standard InChI is InChI=1S/C20H19N3O2/c1-4-7-18-15(3)22-20-19(10-6-11-23(18)20)25-12-16-14(2)8-5-9-17(16)21-13-24/h1,5-6,8-11,13H,7,12H2,2-3H3,(H,21,24). The molecule has 0 fully saturated rings. The molecule has 1 aromatic carbocycles. The summed E-state index contributed by atoms with van der Waals surface area (Å²) in [7, 11) is 0. The van der Waals surface area contributed by atoms with Crippen molar-refractivity contribution in [3.63, 3.8) is 0 Å². The summed E-state index contributed by atoms with van der Waals surface area (Å²) < 4.78 is 7.99. The number of rotatable bonds is 6. The minimum Gasteiger partial charge on any atom is -0.485 e. The number of aryl methyl sites for hydroxylation is 2. The van der Waals surface area contributed by atoms with Crippen LogP contribution in [0.5, 0.6) is 5.75 Å². The number of imidazole rings is 1. The summed E-state index contributed by atoms with van der Waals surface area (Å²) in [5, 5.41) is 2.72. The van der Waals surface area contributed by atoms with Gasteiger partial charge in [0.25, 0.3) is 0 Å². The summed E-state index contributed by atoms with van der Waals surface area (Å²) >= 11 is 0. The maximum absolute atomic E-state index is 10.8. The second-order valence-corrected chi connectivity index (χ2v) is 5.74. The second kappa shape index (κ2) is 7.10. The summed E-state index contributed by atoms with van der Waals surface area (Å²) in [5.74, 6) is 3.34. The molecule has 0 saturated carbocycles. The Morgan fingerprint density at radius 1 is 1.32 bits per heavy atom. The van der Waals surface area contributed by atoms with Gasteiger partial charge in [0.05, 0.1) is 17.8 Å². The number of carbonyl (C=O) groups is 1. The lowest BCUT2D eigenvalue weighted by atomic mass is 10.1. The molecule has 0 saturated heterocycles. The Morgan fingerprint density at radius 3 is 2.92 bits per heavy atom. The number of hydrogen-bond donors (Lipinski definition) is 1. The van der Waals surface area contributed by atoms with Crippen molar-refractivity contribution in [1.29, 1.82) is 0 Å². The van der Waals surface area contributed by atoms with Crippen LogP contribution in [-0.4, -0.2) is 15.8 Å². The zero-order chi connectivity index (χ0) is 17.8. The van der Waals surface area contributed by atoms with Crippen LogP contribution in [0, 0.1) is 26.2 Å². The van der Waals surface area contributed by atoms with E-state index in [9.17, 15) is 4.79 Å². The van der Waals surface area contributed by atoms with Crippen LogP contribution in [0.15, 0.2) is 36.5 Å². The summed E-state index contributed by atoms with van der Waals surface area (Å²) in [5.41, 5.74) is 5.35. The van der Waals surface area contributed by atoms with E-state index in [0.717, 1.165) is 33.8 Å². The minimum atomic E-state index is 0.332. The molecule has 126 valence electrons. The monoisotopic (exact) mass is 333 g/mol. The molecule has 0 radical (unpaired) electrons. The Kier molecular flexibility index (Phi) is 4.71. The number of benzene rings is 1. The molecule has 0 spiro atoms. The van der Waals surface area contributed by atoms with E-state index in [0.29, 0.717) is 25.2 Å². The number of fused-ring (bicyclic) bond motifs is 1. The second-order valence-electron chi connectivity index (χ2n) is 5.74. The fraction of sp³-hybridized carbons (Fsp3) is 0.200. The lowest BCUT2D eigenvalue weighted by molar-refractivity contribution is -0.105. The molecule has 0 bridgehead atoms. The van der Waals surface area contributed by atoms with Gasteiger partial charge < -0.3 is 10.1 Å². The molecule has 25 heavy (non-hydrogen) atoms. The van der Waals surface area contributed by atoms with E-state index >= 15 is 0 Å². The van der Waals surface area contributed by atoms with Gasteiger partial charge in [-0.15, -0.1) is 12.3 Å². The molecular weight excluding hydrogens is 314 g/mol. The molecule has 0 aliphatic carbocycles. The van der Waals surface area contributed by atoms with Crippen LogP contribution >= 0.6 is 0 Å². The Hall–Kier alpha value is -3.26. The van der Waals surface area contributed by atoms with Crippen LogP contribution in [0.1, 0.15) is 22.5 Å². The summed E-state index contributed by atoms with van der Waals surface area (Å²) in [6.45, 7) is 4.26. The maximum atomic E-state index is 10.8. The van der Waals surface area contributed by atoms with Crippen molar-refractivity contribution in [3.05, 3.63) is 59.0 Å². The number of carbonyl (C=O) groups excluding carboxylic acids is 1. The van der Waals surface area contributed by atoms with E-state index in [2.05, 4.69) is 16.2 Å². The summed E-state index contributed by atoms with van der Waals surface area (Å²) in [6, 6.07) is 9.53. The first-order valence-corrected chi connectivity index (χ1v) is 7.97. The molecule has 2 heterocycles. The van der Waals surface area contributed by atoms with E-state index in [-0.39, 0.29) is 0 Å². The van der Waals surface area contributed by atoms with Gasteiger partial charge in [0.15, 0.2) is 11.4 Å². The third-order valence-corrected chi connectivity index (χ3v) is 4.18. The van der Waals surface area contributed by atoms with Gasteiger partial charge in [-0.1, -0.05) is 12.1 Å². The lowest BCUT2D eigenvalue weighted by Crippen LogP contribution is -2.05. The highest BCUT2D eigenvalue weighted by Crippen LogP contribution is 2.26. The molecule has 0 atom stereocenters. The van der Waals surface area contributed by atoms with E-state index in [4.69, 9.17) is 11.2 Å². The first-order chi connectivity index (χ1) is 12.2. The molecule has 3 aromatic rings.